The van der Waals surface area contributed by atoms with Crippen molar-refractivity contribution in [1.82, 2.24) is 15.1 Å². The van der Waals surface area contributed by atoms with Crippen molar-refractivity contribution in [3.8, 4) is 11.1 Å². The molecular weight excluding hydrogens is 346 g/mol. The number of likely N-dealkylation sites (N-methyl/N-ethyl adjacent to an activating group) is 1. The minimum atomic E-state index is 0.0273. The lowest BCUT2D eigenvalue weighted by Gasteiger charge is -2.21. The molecule has 2 aromatic rings. The molecule has 1 saturated heterocycles. The van der Waals surface area contributed by atoms with Crippen molar-refractivity contribution in [2.45, 2.75) is 33.2 Å². The van der Waals surface area contributed by atoms with E-state index in [1.807, 2.05) is 0 Å². The summed E-state index contributed by atoms with van der Waals surface area (Å²) in [6, 6.07) is 15.6. The monoisotopic (exact) mass is 379 g/mol. The van der Waals surface area contributed by atoms with Crippen molar-refractivity contribution in [1.29, 1.82) is 0 Å². The predicted molar refractivity (Wildman–Crippen MR) is 116 cm³/mol. The molecule has 0 radical (unpaired) electrons. The maximum Gasteiger partial charge on any atom is 0.216 e. The summed E-state index contributed by atoms with van der Waals surface area (Å²) in [5.74, 6) is 0.0273. The summed E-state index contributed by atoms with van der Waals surface area (Å²) in [6.07, 6.45) is 2.12. The molecule has 4 nitrogen and oxygen atoms in total. The van der Waals surface area contributed by atoms with Gasteiger partial charge in [0.15, 0.2) is 0 Å². The molecule has 1 amide bonds. The highest BCUT2D eigenvalue weighted by molar-refractivity contribution is 5.72. The Morgan fingerprint density at radius 1 is 1.00 bits per heavy atom. The standard InChI is InChI=1S/C24H33N3O/c1-19-17-22(18-27-14-4-13-26(3)15-16-27)7-10-24(19)23-8-5-21(6-9-23)11-12-25-20(2)28/h5-10,17H,4,11-16,18H2,1-3H3,(H,25,28). The van der Waals surface area contributed by atoms with Gasteiger partial charge in [-0.15, -0.1) is 0 Å². The fraction of sp³-hybridized carbons (Fsp3) is 0.458. The molecule has 0 bridgehead atoms. The minimum Gasteiger partial charge on any atom is -0.356 e. The van der Waals surface area contributed by atoms with E-state index in [1.54, 1.807) is 6.92 Å². The van der Waals surface area contributed by atoms with Gasteiger partial charge < -0.3 is 10.2 Å². The van der Waals surface area contributed by atoms with E-state index in [0.29, 0.717) is 6.54 Å². The Kier molecular flexibility index (Phi) is 7.24. The smallest absolute Gasteiger partial charge is 0.216 e. The third kappa shape index (κ3) is 5.91. The minimum absolute atomic E-state index is 0.0273. The number of benzene rings is 2. The van der Waals surface area contributed by atoms with Gasteiger partial charge in [0.2, 0.25) is 5.91 Å². The maximum atomic E-state index is 11.0. The van der Waals surface area contributed by atoms with Crippen molar-refractivity contribution in [2.75, 3.05) is 39.8 Å². The van der Waals surface area contributed by atoms with E-state index in [2.05, 4.69) is 71.6 Å². The van der Waals surface area contributed by atoms with Gasteiger partial charge in [-0.25, -0.2) is 0 Å². The van der Waals surface area contributed by atoms with Crippen LogP contribution in [-0.4, -0.2) is 55.5 Å². The van der Waals surface area contributed by atoms with Gasteiger partial charge in [0.25, 0.3) is 0 Å². The summed E-state index contributed by atoms with van der Waals surface area (Å²) in [6.45, 7) is 10.2. The van der Waals surface area contributed by atoms with Crippen LogP contribution >= 0.6 is 0 Å². The van der Waals surface area contributed by atoms with Crippen molar-refractivity contribution in [3.63, 3.8) is 0 Å². The Labute approximate surface area is 169 Å². The number of carbonyl (C=O) groups is 1. The number of nitrogens with one attached hydrogen (secondary N) is 1. The average molecular weight is 380 g/mol. The third-order valence-corrected chi connectivity index (χ3v) is 5.56. The average Bonchev–Trinajstić information content (AvgIpc) is 2.87. The summed E-state index contributed by atoms with van der Waals surface area (Å²) in [5.41, 5.74) is 6.53. The zero-order valence-corrected chi connectivity index (χ0v) is 17.5. The summed E-state index contributed by atoms with van der Waals surface area (Å²) in [7, 11) is 2.22. The largest absolute Gasteiger partial charge is 0.356 e. The zero-order valence-electron chi connectivity index (χ0n) is 17.5. The van der Waals surface area contributed by atoms with Crippen LogP contribution in [-0.2, 0) is 17.8 Å². The summed E-state index contributed by atoms with van der Waals surface area (Å²) >= 11 is 0. The Morgan fingerprint density at radius 3 is 2.46 bits per heavy atom. The Balaban J connectivity index is 1.62. The van der Waals surface area contributed by atoms with E-state index in [4.69, 9.17) is 0 Å². The molecule has 1 aliphatic rings. The molecule has 28 heavy (non-hydrogen) atoms. The highest BCUT2D eigenvalue weighted by Crippen LogP contribution is 2.25. The van der Waals surface area contributed by atoms with Crippen LogP contribution in [0.1, 0.15) is 30.0 Å². The fourth-order valence-corrected chi connectivity index (χ4v) is 3.90. The van der Waals surface area contributed by atoms with E-state index >= 15 is 0 Å². The molecule has 0 aliphatic carbocycles. The molecule has 150 valence electrons. The second-order valence-electron chi connectivity index (χ2n) is 8.01. The first-order valence-electron chi connectivity index (χ1n) is 10.4. The fourth-order valence-electron chi connectivity index (χ4n) is 3.90. The van der Waals surface area contributed by atoms with Crippen molar-refractivity contribution < 1.29 is 4.79 Å². The topological polar surface area (TPSA) is 35.6 Å². The molecule has 0 saturated carbocycles. The number of carbonyl (C=O) groups excluding carboxylic acids is 1. The van der Waals surface area contributed by atoms with E-state index in [-0.39, 0.29) is 5.91 Å². The van der Waals surface area contributed by atoms with Gasteiger partial charge in [-0.2, -0.15) is 0 Å². The van der Waals surface area contributed by atoms with Crippen molar-refractivity contribution in [2.24, 2.45) is 0 Å². The van der Waals surface area contributed by atoms with E-state index < -0.39 is 0 Å². The first kappa shape index (κ1) is 20.6. The van der Waals surface area contributed by atoms with Crippen LogP contribution in [0.15, 0.2) is 42.5 Å². The molecule has 3 rings (SSSR count). The van der Waals surface area contributed by atoms with Crippen molar-refractivity contribution in [3.05, 3.63) is 59.2 Å². The van der Waals surface area contributed by atoms with Gasteiger partial charge in [0.05, 0.1) is 0 Å². The van der Waals surface area contributed by atoms with E-state index in [0.717, 1.165) is 26.1 Å². The Morgan fingerprint density at radius 2 is 1.75 bits per heavy atom. The van der Waals surface area contributed by atoms with Crippen LogP contribution < -0.4 is 5.32 Å². The van der Waals surface area contributed by atoms with E-state index in [1.165, 1.54) is 47.3 Å². The lowest BCUT2D eigenvalue weighted by Crippen LogP contribution is -2.28. The summed E-state index contributed by atoms with van der Waals surface area (Å²) < 4.78 is 0. The predicted octanol–water partition coefficient (Wildman–Crippen LogP) is 3.48. The van der Waals surface area contributed by atoms with Crippen LogP contribution in [0, 0.1) is 6.92 Å². The molecule has 1 fully saturated rings. The summed E-state index contributed by atoms with van der Waals surface area (Å²) in [4.78, 5) is 16.0. The second kappa shape index (κ2) is 9.85. The van der Waals surface area contributed by atoms with Gasteiger partial charge in [0.1, 0.15) is 0 Å². The molecule has 4 heteroatoms. The Bertz CT molecular complexity index is 785. The van der Waals surface area contributed by atoms with Gasteiger partial charge in [-0.3, -0.25) is 9.69 Å². The molecule has 0 unspecified atom stereocenters. The number of nitrogens with zero attached hydrogens (tertiary/aromatic N) is 2. The normalized spacial score (nSPS) is 16.0. The maximum absolute atomic E-state index is 11.0. The quantitative estimate of drug-likeness (QED) is 0.835. The SMILES string of the molecule is CC(=O)NCCc1ccc(-c2ccc(CN3CCCN(C)CC3)cc2C)cc1. The van der Waals surface area contributed by atoms with Crippen LogP contribution in [0.25, 0.3) is 11.1 Å². The lowest BCUT2D eigenvalue weighted by atomic mass is 9.97. The molecule has 0 spiro atoms. The number of hydrogen-bond donors (Lipinski definition) is 1. The number of hydrogen-bond acceptors (Lipinski definition) is 3. The summed E-state index contributed by atoms with van der Waals surface area (Å²) in [5, 5.41) is 2.85. The lowest BCUT2D eigenvalue weighted by molar-refractivity contribution is -0.118. The zero-order chi connectivity index (χ0) is 19.9. The van der Waals surface area contributed by atoms with Gasteiger partial charge >= 0.3 is 0 Å². The first-order chi connectivity index (χ1) is 13.5. The van der Waals surface area contributed by atoms with E-state index in [9.17, 15) is 4.79 Å². The van der Waals surface area contributed by atoms with Crippen LogP contribution in [0.3, 0.4) is 0 Å². The molecular formula is C24H33N3O. The molecule has 0 atom stereocenters. The number of rotatable bonds is 6. The third-order valence-electron chi connectivity index (χ3n) is 5.56. The first-order valence-corrected chi connectivity index (χ1v) is 10.4. The Hall–Kier alpha value is -2.17. The number of aryl methyl sites for hydroxylation is 1. The number of amides is 1. The highest BCUT2D eigenvalue weighted by atomic mass is 16.1. The van der Waals surface area contributed by atoms with Crippen molar-refractivity contribution >= 4 is 5.91 Å². The molecule has 1 heterocycles. The van der Waals surface area contributed by atoms with Crippen LogP contribution in [0.4, 0.5) is 0 Å². The molecule has 1 N–H and O–H groups in total. The van der Waals surface area contributed by atoms with Gasteiger partial charge in [-0.05, 0) is 67.7 Å². The van der Waals surface area contributed by atoms with Crippen LogP contribution in [0.2, 0.25) is 0 Å². The molecule has 2 aromatic carbocycles. The second-order valence-corrected chi connectivity index (χ2v) is 8.01. The molecule has 1 aliphatic heterocycles. The molecule has 0 aromatic heterocycles. The van der Waals surface area contributed by atoms with Gasteiger partial charge in [0, 0.05) is 33.1 Å². The van der Waals surface area contributed by atoms with Crippen LogP contribution in [0.5, 0.6) is 0 Å². The van der Waals surface area contributed by atoms with Gasteiger partial charge in [-0.1, -0.05) is 42.5 Å². The highest BCUT2D eigenvalue weighted by Gasteiger charge is 2.13.